The van der Waals surface area contributed by atoms with Crippen LogP contribution in [0.5, 0.6) is 0 Å². The van der Waals surface area contributed by atoms with Crippen molar-refractivity contribution in [2.45, 2.75) is 64.6 Å². The summed E-state index contributed by atoms with van der Waals surface area (Å²) in [7, 11) is -4.34. The molecular weight excluding hydrogens is 715 g/mol. The molecule has 0 unspecified atom stereocenters. The van der Waals surface area contributed by atoms with Gasteiger partial charge in [0.25, 0.3) is 10.0 Å². The van der Waals surface area contributed by atoms with Gasteiger partial charge < -0.3 is 23.8 Å². The smallest absolute Gasteiger partial charge is 0.410 e. The first-order chi connectivity index (χ1) is 23.8. The number of hydrogen-bond donors (Lipinski definition) is 0. The monoisotopic (exact) mass is 754 g/mol. The highest BCUT2D eigenvalue weighted by Gasteiger charge is 2.31. The Kier molecular flexibility index (Phi) is 10.5. The van der Waals surface area contributed by atoms with E-state index < -0.39 is 33.7 Å². The van der Waals surface area contributed by atoms with Crippen molar-refractivity contribution >= 4 is 67.6 Å². The van der Waals surface area contributed by atoms with Crippen LogP contribution in [0, 0.1) is 18.3 Å². The number of aryl methyl sites for hydroxylation is 1. The molecule has 1 fully saturated rings. The van der Waals surface area contributed by atoms with Gasteiger partial charge in [-0.3, -0.25) is 9.10 Å². The Labute approximate surface area is 308 Å². The Bertz CT molecular complexity index is 2120. The van der Waals surface area contributed by atoms with E-state index in [4.69, 9.17) is 37.7 Å². The summed E-state index contributed by atoms with van der Waals surface area (Å²) in [4.78, 5) is 34.0. The van der Waals surface area contributed by atoms with Crippen molar-refractivity contribution < 1.29 is 27.5 Å². The summed E-state index contributed by atoms with van der Waals surface area (Å²) in [5.74, 6) is -0.345. The molecule has 15 heteroatoms. The highest BCUT2D eigenvalue weighted by molar-refractivity contribution is 7.92. The SMILES string of the molecule is Cc1nc(-n2ccc3cc(N(CC(=O)OC(C)(C)C)S(=O)(=O)c4cc(Cl)cc(Cl)c4)ccc32)c(C#N)cc1N1CCN(C(=O)OC(C)(C)C)CC1. The van der Waals surface area contributed by atoms with Gasteiger partial charge in [0.2, 0.25) is 0 Å². The molecule has 51 heavy (non-hydrogen) atoms. The third kappa shape index (κ3) is 8.69. The Hall–Kier alpha value is -4.51. The zero-order chi connectivity index (χ0) is 37.5. The minimum Gasteiger partial charge on any atom is -0.459 e. The lowest BCUT2D eigenvalue weighted by atomic mass is 10.1. The molecule has 1 saturated heterocycles. The molecule has 2 aromatic carbocycles. The molecule has 1 amide bonds. The van der Waals surface area contributed by atoms with Crippen LogP contribution < -0.4 is 9.21 Å². The lowest BCUT2D eigenvalue weighted by Crippen LogP contribution is -2.50. The number of esters is 1. The molecule has 12 nitrogen and oxygen atoms in total. The van der Waals surface area contributed by atoms with Crippen LogP contribution in [0.4, 0.5) is 16.2 Å². The van der Waals surface area contributed by atoms with Gasteiger partial charge in [0.05, 0.1) is 33.0 Å². The van der Waals surface area contributed by atoms with E-state index in [-0.39, 0.29) is 26.7 Å². The lowest BCUT2D eigenvalue weighted by Gasteiger charge is -2.37. The van der Waals surface area contributed by atoms with Crippen molar-refractivity contribution in [3.8, 4) is 11.9 Å². The fourth-order valence-electron chi connectivity index (χ4n) is 5.71. The van der Waals surface area contributed by atoms with Crippen LogP contribution in [-0.4, -0.2) is 78.9 Å². The van der Waals surface area contributed by atoms with Crippen LogP contribution in [0.3, 0.4) is 0 Å². The van der Waals surface area contributed by atoms with Crippen molar-refractivity contribution in [2.24, 2.45) is 0 Å². The minimum atomic E-state index is -4.34. The number of carbonyl (C=O) groups excluding carboxylic acids is 2. The summed E-state index contributed by atoms with van der Waals surface area (Å²) in [5.41, 5.74) is 1.25. The zero-order valence-electron chi connectivity index (χ0n) is 29.5. The molecule has 0 spiro atoms. The second-order valence-electron chi connectivity index (χ2n) is 14.2. The number of pyridine rings is 1. The van der Waals surface area contributed by atoms with E-state index in [1.54, 1.807) is 66.8 Å². The Morgan fingerprint density at radius 2 is 1.55 bits per heavy atom. The topological polar surface area (TPSA) is 138 Å². The average Bonchev–Trinajstić information content (AvgIpc) is 3.44. The second kappa shape index (κ2) is 14.3. The first-order valence-corrected chi connectivity index (χ1v) is 18.4. The predicted octanol–water partition coefficient (Wildman–Crippen LogP) is 7.11. The number of aromatic nitrogens is 2. The molecular formula is C36H40Cl2N6O6S. The number of hydrogen-bond acceptors (Lipinski definition) is 9. The van der Waals surface area contributed by atoms with E-state index in [2.05, 4.69) is 11.0 Å². The first-order valence-electron chi connectivity index (χ1n) is 16.2. The van der Waals surface area contributed by atoms with Crippen LogP contribution in [0.25, 0.3) is 16.7 Å². The summed E-state index contributed by atoms with van der Waals surface area (Å²) in [6.45, 7) is 13.9. The van der Waals surface area contributed by atoms with E-state index in [9.17, 15) is 23.3 Å². The normalized spacial score (nSPS) is 14.0. The molecule has 270 valence electrons. The predicted molar refractivity (Wildman–Crippen MR) is 197 cm³/mol. The maximum absolute atomic E-state index is 14.0. The van der Waals surface area contributed by atoms with E-state index in [0.717, 1.165) is 9.99 Å². The zero-order valence-corrected chi connectivity index (χ0v) is 31.9. The summed E-state index contributed by atoms with van der Waals surface area (Å²) < 4.78 is 41.7. The average molecular weight is 756 g/mol. The molecule has 0 atom stereocenters. The number of nitriles is 1. The fourth-order valence-corrected chi connectivity index (χ4v) is 7.83. The van der Waals surface area contributed by atoms with Crippen LogP contribution in [0.1, 0.15) is 52.8 Å². The van der Waals surface area contributed by atoms with Gasteiger partial charge in [-0.25, -0.2) is 18.2 Å². The number of halogens is 2. The maximum atomic E-state index is 14.0. The largest absolute Gasteiger partial charge is 0.459 e. The van der Waals surface area contributed by atoms with Crippen molar-refractivity contribution in [1.82, 2.24) is 14.5 Å². The number of sulfonamides is 1. The van der Waals surface area contributed by atoms with E-state index in [1.165, 1.54) is 18.2 Å². The molecule has 1 aliphatic heterocycles. The minimum absolute atomic E-state index is 0.121. The maximum Gasteiger partial charge on any atom is 0.410 e. The summed E-state index contributed by atoms with van der Waals surface area (Å²) in [6.07, 6.45) is 1.40. The molecule has 0 N–H and O–H groups in total. The molecule has 0 saturated carbocycles. The van der Waals surface area contributed by atoms with Gasteiger partial charge >= 0.3 is 12.1 Å². The van der Waals surface area contributed by atoms with E-state index in [0.29, 0.717) is 54.2 Å². The molecule has 0 bridgehead atoms. The van der Waals surface area contributed by atoms with Gasteiger partial charge in [0.15, 0.2) is 5.82 Å². The molecule has 1 aliphatic rings. The summed E-state index contributed by atoms with van der Waals surface area (Å²) in [5, 5.41) is 11.1. The number of amides is 1. The van der Waals surface area contributed by atoms with Gasteiger partial charge in [0.1, 0.15) is 23.8 Å². The van der Waals surface area contributed by atoms with Gasteiger partial charge in [-0.15, -0.1) is 0 Å². The van der Waals surface area contributed by atoms with Gasteiger partial charge in [-0.2, -0.15) is 5.26 Å². The van der Waals surface area contributed by atoms with Crippen molar-refractivity contribution in [3.05, 3.63) is 76.0 Å². The number of rotatable bonds is 7. The molecule has 0 radical (unpaired) electrons. The summed E-state index contributed by atoms with van der Waals surface area (Å²) >= 11 is 12.3. The highest BCUT2D eigenvalue weighted by atomic mass is 35.5. The Morgan fingerprint density at radius 1 is 0.922 bits per heavy atom. The number of anilines is 2. The number of ether oxygens (including phenoxy) is 2. The van der Waals surface area contributed by atoms with Crippen LogP contribution in [0.2, 0.25) is 10.0 Å². The molecule has 2 aromatic heterocycles. The highest BCUT2D eigenvalue weighted by Crippen LogP contribution is 2.33. The Balaban J connectivity index is 1.47. The number of carbonyl (C=O) groups is 2. The second-order valence-corrected chi connectivity index (χ2v) is 16.9. The van der Waals surface area contributed by atoms with E-state index >= 15 is 0 Å². The van der Waals surface area contributed by atoms with Crippen LogP contribution >= 0.6 is 23.2 Å². The standard InChI is InChI=1S/C36H40Cl2N6O6S/c1-23-31(41-12-14-42(15-13-41)34(46)50-36(5,6)7)17-25(21-39)33(40-23)43-11-10-24-16-28(8-9-30(24)43)44(22-32(45)49-35(2,3)4)51(47,48)29-19-26(37)18-27(38)20-29/h8-11,16-20H,12-15,22H2,1-7H3. The number of fused-ring (bicyclic) bond motifs is 1. The van der Waals surface area contributed by atoms with E-state index in [1.807, 2.05) is 27.7 Å². The number of nitrogens with zero attached hydrogens (tertiary/aromatic N) is 6. The van der Waals surface area contributed by atoms with Gasteiger partial charge in [-0.1, -0.05) is 23.2 Å². The van der Waals surface area contributed by atoms with Crippen molar-refractivity contribution in [2.75, 3.05) is 41.9 Å². The number of piperazine rings is 1. The molecule has 4 aromatic rings. The first kappa shape index (κ1) is 37.7. The fraction of sp³-hybridized carbons (Fsp3) is 0.389. The lowest BCUT2D eigenvalue weighted by molar-refractivity contribution is -0.152. The quantitative estimate of drug-likeness (QED) is 0.181. The molecule has 3 heterocycles. The third-order valence-corrected chi connectivity index (χ3v) is 10.1. The van der Waals surface area contributed by atoms with Crippen LogP contribution in [-0.2, 0) is 24.3 Å². The number of benzene rings is 2. The van der Waals surface area contributed by atoms with Crippen molar-refractivity contribution in [1.29, 1.82) is 5.26 Å². The molecule has 5 rings (SSSR count). The van der Waals surface area contributed by atoms with Crippen LogP contribution in [0.15, 0.2) is 59.6 Å². The third-order valence-electron chi connectivity index (χ3n) is 7.87. The Morgan fingerprint density at radius 3 is 2.14 bits per heavy atom. The molecule has 0 aliphatic carbocycles. The van der Waals surface area contributed by atoms with Gasteiger partial charge in [0, 0.05) is 47.8 Å². The summed E-state index contributed by atoms with van der Waals surface area (Å²) in [6, 6.07) is 14.7. The van der Waals surface area contributed by atoms with Gasteiger partial charge in [-0.05, 0) is 97.0 Å². The van der Waals surface area contributed by atoms with Crippen molar-refractivity contribution in [3.63, 3.8) is 0 Å².